The summed E-state index contributed by atoms with van der Waals surface area (Å²) in [6.07, 6.45) is 7.99. The zero-order chi connectivity index (χ0) is 22.2. The normalized spacial score (nSPS) is 11.7. The highest BCUT2D eigenvalue weighted by atomic mass is 35.5. The van der Waals surface area contributed by atoms with E-state index in [1.807, 2.05) is 37.4 Å². The van der Waals surface area contributed by atoms with Gasteiger partial charge in [0.2, 0.25) is 5.91 Å². The summed E-state index contributed by atoms with van der Waals surface area (Å²) in [5.41, 5.74) is 10.3. The molecule has 0 saturated heterocycles. The number of fused-ring (bicyclic) bond motifs is 1. The van der Waals surface area contributed by atoms with Crippen molar-refractivity contribution in [3.63, 3.8) is 0 Å². The Hall–Kier alpha value is -2.76. The van der Waals surface area contributed by atoms with Gasteiger partial charge in [-0.2, -0.15) is 0 Å². The van der Waals surface area contributed by atoms with E-state index in [1.165, 1.54) is 11.6 Å². The summed E-state index contributed by atoms with van der Waals surface area (Å²) in [5, 5.41) is 0. The van der Waals surface area contributed by atoms with Crippen molar-refractivity contribution in [1.29, 1.82) is 0 Å². The number of allylic oxidation sites excluding steroid dienone is 1. The number of nitrogens with zero attached hydrogens (tertiary/aromatic N) is 3. The van der Waals surface area contributed by atoms with E-state index in [2.05, 4.69) is 33.7 Å². The maximum atomic E-state index is 10.8. The number of amides is 1. The minimum Gasteiger partial charge on any atom is -0.369 e. The molecule has 7 heteroatoms. The van der Waals surface area contributed by atoms with Crippen molar-refractivity contribution in [2.24, 2.45) is 12.8 Å². The largest absolute Gasteiger partial charge is 0.369 e. The van der Waals surface area contributed by atoms with E-state index in [0.717, 1.165) is 47.6 Å². The van der Waals surface area contributed by atoms with E-state index >= 15 is 0 Å². The number of benzene rings is 2. The van der Waals surface area contributed by atoms with Gasteiger partial charge in [-0.3, -0.25) is 4.79 Å². The summed E-state index contributed by atoms with van der Waals surface area (Å²) < 4.78 is 2.08. The van der Waals surface area contributed by atoms with Gasteiger partial charge < -0.3 is 15.2 Å². The molecule has 0 radical (unpaired) electrons. The van der Waals surface area contributed by atoms with Crippen LogP contribution in [-0.4, -0.2) is 40.3 Å². The van der Waals surface area contributed by atoms with Gasteiger partial charge in [0.1, 0.15) is 5.82 Å². The molecule has 31 heavy (non-hydrogen) atoms. The number of carbonyl (C=O) groups is 1. The van der Waals surface area contributed by atoms with E-state index in [9.17, 15) is 4.79 Å². The highest BCUT2D eigenvalue weighted by molar-refractivity contribution is 6.18. The fourth-order valence-electron chi connectivity index (χ4n) is 3.37. The van der Waals surface area contributed by atoms with Gasteiger partial charge in [-0.1, -0.05) is 30.3 Å². The number of aryl methyl sites for hydroxylation is 1. The molecule has 2 aromatic carbocycles. The van der Waals surface area contributed by atoms with Crippen molar-refractivity contribution in [2.75, 3.05) is 29.7 Å². The van der Waals surface area contributed by atoms with Crippen LogP contribution >= 0.6 is 23.2 Å². The lowest BCUT2D eigenvalue weighted by molar-refractivity contribution is -0.113. The molecule has 0 aliphatic rings. The Morgan fingerprint density at radius 2 is 1.81 bits per heavy atom. The Morgan fingerprint density at radius 3 is 2.45 bits per heavy atom. The first-order valence-electron chi connectivity index (χ1n) is 10.1. The molecule has 1 amide bonds. The summed E-state index contributed by atoms with van der Waals surface area (Å²) in [6.45, 7) is 1.49. The second kappa shape index (κ2) is 11.0. The number of hydrogen-bond acceptors (Lipinski definition) is 3. The van der Waals surface area contributed by atoms with Crippen LogP contribution in [0.5, 0.6) is 0 Å². The van der Waals surface area contributed by atoms with Gasteiger partial charge in [-0.05, 0) is 47.9 Å². The molecule has 2 N–H and O–H groups in total. The molecule has 0 spiro atoms. The number of primary amides is 1. The highest BCUT2D eigenvalue weighted by Crippen LogP contribution is 2.23. The monoisotopic (exact) mass is 456 g/mol. The Labute approximate surface area is 192 Å². The zero-order valence-corrected chi connectivity index (χ0v) is 19.0. The molecule has 0 saturated carbocycles. The zero-order valence-electron chi connectivity index (χ0n) is 17.5. The van der Waals surface area contributed by atoms with Crippen LogP contribution in [0.4, 0.5) is 5.69 Å². The van der Waals surface area contributed by atoms with Crippen molar-refractivity contribution in [1.82, 2.24) is 9.55 Å². The molecule has 162 valence electrons. The minimum absolute atomic E-state index is 0.451. The Kier molecular flexibility index (Phi) is 8.15. The number of hydrogen-bond donors (Lipinski definition) is 1. The predicted octanol–water partition coefficient (Wildman–Crippen LogP) is 4.61. The molecule has 1 aromatic heterocycles. The average Bonchev–Trinajstić information content (AvgIpc) is 3.08. The van der Waals surface area contributed by atoms with Gasteiger partial charge in [0, 0.05) is 43.7 Å². The molecule has 3 rings (SSSR count). The van der Waals surface area contributed by atoms with Crippen molar-refractivity contribution in [3.8, 4) is 0 Å². The summed E-state index contributed by atoms with van der Waals surface area (Å²) in [7, 11) is 2.02. The molecule has 0 bridgehead atoms. The third-order valence-electron chi connectivity index (χ3n) is 5.01. The molecule has 0 atom stereocenters. The summed E-state index contributed by atoms with van der Waals surface area (Å²) in [6, 6.07) is 14.3. The van der Waals surface area contributed by atoms with Crippen molar-refractivity contribution >= 4 is 58.0 Å². The van der Waals surface area contributed by atoms with Crippen LogP contribution in [0.25, 0.3) is 23.2 Å². The van der Waals surface area contributed by atoms with Gasteiger partial charge in [0.25, 0.3) is 0 Å². The van der Waals surface area contributed by atoms with E-state index in [4.69, 9.17) is 33.9 Å². The first-order chi connectivity index (χ1) is 15.0. The van der Waals surface area contributed by atoms with Crippen molar-refractivity contribution < 1.29 is 4.79 Å². The summed E-state index contributed by atoms with van der Waals surface area (Å²) >= 11 is 11.9. The maximum absolute atomic E-state index is 10.8. The quantitative estimate of drug-likeness (QED) is 0.357. The van der Waals surface area contributed by atoms with Gasteiger partial charge >= 0.3 is 0 Å². The lowest BCUT2D eigenvalue weighted by atomic mass is 10.1. The Morgan fingerprint density at radius 1 is 1.10 bits per heavy atom. The van der Waals surface area contributed by atoms with Crippen LogP contribution in [-0.2, 0) is 18.3 Å². The average molecular weight is 457 g/mol. The first-order valence-corrected chi connectivity index (χ1v) is 11.1. The SMILES string of the molecule is Cn1c(/C=C/Cc2ccc(/C=C/C(N)=O)cc2)nc2cc(N(CCCl)CCCl)ccc21. The summed E-state index contributed by atoms with van der Waals surface area (Å²) in [4.78, 5) is 17.8. The number of carbonyl (C=O) groups excluding carboxylic acids is 1. The molecule has 1 heterocycles. The van der Waals surface area contributed by atoms with Gasteiger partial charge in [0.15, 0.2) is 0 Å². The highest BCUT2D eigenvalue weighted by Gasteiger charge is 2.10. The Bertz CT molecular complexity index is 1080. The third-order valence-corrected chi connectivity index (χ3v) is 5.35. The fraction of sp³-hybridized carbons (Fsp3) is 0.250. The lowest BCUT2D eigenvalue weighted by Gasteiger charge is -2.22. The molecular weight excluding hydrogens is 431 g/mol. The molecule has 0 fully saturated rings. The Balaban J connectivity index is 1.73. The van der Waals surface area contributed by atoms with Crippen LogP contribution < -0.4 is 10.6 Å². The summed E-state index contributed by atoms with van der Waals surface area (Å²) in [5.74, 6) is 1.54. The van der Waals surface area contributed by atoms with Crippen molar-refractivity contribution in [3.05, 3.63) is 71.6 Å². The molecule has 0 aliphatic carbocycles. The molecule has 0 aliphatic heterocycles. The predicted molar refractivity (Wildman–Crippen MR) is 132 cm³/mol. The van der Waals surface area contributed by atoms with Crippen molar-refractivity contribution in [2.45, 2.75) is 6.42 Å². The van der Waals surface area contributed by atoms with Crippen LogP contribution in [0.2, 0.25) is 0 Å². The minimum atomic E-state index is -0.451. The van der Waals surface area contributed by atoms with Gasteiger partial charge in [-0.15, -0.1) is 23.2 Å². The number of aromatic nitrogens is 2. The van der Waals surface area contributed by atoms with Crippen LogP contribution in [0.15, 0.2) is 54.6 Å². The topological polar surface area (TPSA) is 64.1 Å². The number of imidazole rings is 1. The number of rotatable bonds is 10. The van der Waals surface area contributed by atoms with Crippen LogP contribution in [0.1, 0.15) is 17.0 Å². The third kappa shape index (κ3) is 6.12. The molecule has 5 nitrogen and oxygen atoms in total. The van der Waals surface area contributed by atoms with Gasteiger partial charge in [0.05, 0.1) is 11.0 Å². The number of halogens is 2. The maximum Gasteiger partial charge on any atom is 0.241 e. The second-order valence-corrected chi connectivity index (χ2v) is 7.91. The van der Waals surface area contributed by atoms with E-state index in [-0.39, 0.29) is 0 Å². The number of anilines is 1. The molecule has 3 aromatic rings. The number of alkyl halides is 2. The number of nitrogens with two attached hydrogens (primary N) is 1. The lowest BCUT2D eigenvalue weighted by Crippen LogP contribution is -2.27. The van der Waals surface area contributed by atoms with E-state index < -0.39 is 5.91 Å². The smallest absolute Gasteiger partial charge is 0.241 e. The fourth-order valence-corrected chi connectivity index (χ4v) is 3.78. The molecular formula is C24H26Cl2N4O. The van der Waals surface area contributed by atoms with E-state index in [0.29, 0.717) is 11.8 Å². The van der Waals surface area contributed by atoms with Gasteiger partial charge in [-0.25, -0.2) is 4.98 Å². The first kappa shape index (κ1) is 22.9. The standard InChI is InChI=1S/C24H26Cl2N4O/c1-29-22-11-10-20(30(15-13-25)16-14-26)17-21(22)28-24(29)4-2-3-18-5-7-19(8-6-18)9-12-23(27)31/h2,4-12,17H,3,13-16H2,1H3,(H2,27,31)/b4-2+,12-9+. The van der Waals surface area contributed by atoms with Crippen LogP contribution in [0.3, 0.4) is 0 Å². The second-order valence-electron chi connectivity index (χ2n) is 7.15. The van der Waals surface area contributed by atoms with Crippen LogP contribution in [0, 0.1) is 0 Å². The molecule has 0 unspecified atom stereocenters. The van der Waals surface area contributed by atoms with E-state index in [1.54, 1.807) is 6.08 Å².